The molecule has 0 fully saturated rings. The molecule has 2 N–H and O–H groups in total. The molecule has 0 bridgehead atoms. The molecule has 2 aromatic carbocycles. The minimum Gasteiger partial charge on any atom is -0.336 e. The maximum atomic E-state index is 13.0. The summed E-state index contributed by atoms with van der Waals surface area (Å²) >= 11 is 1.68. The van der Waals surface area contributed by atoms with Crippen LogP contribution in [0.15, 0.2) is 58.6 Å². The zero-order chi connectivity index (χ0) is 33.5. The molecule has 13 heteroatoms. The second kappa shape index (κ2) is 23.4. The second-order valence-electron chi connectivity index (χ2n) is 11.7. The minimum absolute atomic E-state index is 0.130. The van der Waals surface area contributed by atoms with Gasteiger partial charge >= 0.3 is 0 Å². The fourth-order valence-corrected chi connectivity index (χ4v) is 6.44. The van der Waals surface area contributed by atoms with Crippen LogP contribution < -0.4 is 5.32 Å². The number of nitrogens with one attached hydrogen (secondary N) is 1. The highest BCUT2D eigenvalue weighted by atomic mass is 32.2. The maximum Gasteiger partial charge on any atom is 0.289 e. The number of tetrazole rings is 1. The molecule has 11 nitrogen and oxygen atoms in total. The Hall–Kier alpha value is -2.97. The van der Waals surface area contributed by atoms with Crippen LogP contribution >= 0.6 is 23.8 Å². The van der Waals surface area contributed by atoms with Crippen molar-refractivity contribution >= 4 is 40.6 Å². The standard InChI is InChI=1S/C34H50N6O5S2/c1-3-4-5-6-7-8-9-10-11-12-13-14-15-16-17-20-26-39(2)34(42)46-33-36-37-38-40(33)29-23-21-22-28(27-29)35-32(41)30-24-18-19-25-31(30)47-45-44-43/h18-19,21-25,27,43H,3-17,20,26H2,1-2H3,(H,35,41). The summed E-state index contributed by atoms with van der Waals surface area (Å²) in [7, 11) is 1.80. The lowest BCUT2D eigenvalue weighted by molar-refractivity contribution is -0.432. The van der Waals surface area contributed by atoms with Gasteiger partial charge in [-0.05, 0) is 47.2 Å². The van der Waals surface area contributed by atoms with Crippen LogP contribution in [-0.2, 0) is 9.37 Å². The number of rotatable bonds is 24. The van der Waals surface area contributed by atoms with E-state index in [-0.39, 0.29) is 11.1 Å². The Morgan fingerprint density at radius 1 is 0.851 bits per heavy atom. The van der Waals surface area contributed by atoms with Gasteiger partial charge in [0, 0.05) is 31.0 Å². The van der Waals surface area contributed by atoms with E-state index in [0.29, 0.717) is 45.6 Å². The fraction of sp³-hybridized carbons (Fsp3) is 0.559. The van der Waals surface area contributed by atoms with Gasteiger partial charge < -0.3 is 10.2 Å². The zero-order valence-corrected chi connectivity index (χ0v) is 29.4. The largest absolute Gasteiger partial charge is 0.336 e. The molecule has 1 heterocycles. The average molecular weight is 687 g/mol. The van der Waals surface area contributed by atoms with Crippen molar-refractivity contribution in [2.75, 3.05) is 18.9 Å². The second-order valence-corrected chi connectivity index (χ2v) is 13.4. The first kappa shape index (κ1) is 38.5. The number of thioether (sulfide) groups is 1. The van der Waals surface area contributed by atoms with E-state index >= 15 is 0 Å². The Bertz CT molecular complexity index is 1330. The van der Waals surface area contributed by atoms with E-state index in [0.717, 1.165) is 24.6 Å². The highest BCUT2D eigenvalue weighted by Crippen LogP contribution is 2.26. The first-order valence-corrected chi connectivity index (χ1v) is 18.5. The molecule has 0 saturated carbocycles. The van der Waals surface area contributed by atoms with E-state index in [9.17, 15) is 9.59 Å². The van der Waals surface area contributed by atoms with Crippen molar-refractivity contribution < 1.29 is 24.2 Å². The molecule has 3 rings (SSSR count). The molecule has 0 aliphatic carbocycles. The summed E-state index contributed by atoms with van der Waals surface area (Å²) in [6.07, 6.45) is 21.0. The summed E-state index contributed by atoms with van der Waals surface area (Å²) in [5.41, 5.74) is 1.42. The summed E-state index contributed by atoms with van der Waals surface area (Å²) in [5.74, 6) is -0.385. The molecule has 0 unspecified atom stereocenters. The van der Waals surface area contributed by atoms with E-state index in [1.807, 2.05) is 0 Å². The van der Waals surface area contributed by atoms with Gasteiger partial charge in [-0.2, -0.15) is 4.68 Å². The molecule has 47 heavy (non-hydrogen) atoms. The molecular formula is C34H50N6O5S2. The Balaban J connectivity index is 1.34. The SMILES string of the molecule is CCCCCCCCCCCCCCCCCCN(C)C(=O)Sc1nnnn1-c1cccc(NC(=O)c2ccccc2SOOO)c1. The van der Waals surface area contributed by atoms with Crippen molar-refractivity contribution in [1.29, 1.82) is 0 Å². The Labute approximate surface area is 287 Å². The zero-order valence-electron chi connectivity index (χ0n) is 27.8. The summed E-state index contributed by atoms with van der Waals surface area (Å²) in [6.45, 7) is 2.95. The van der Waals surface area contributed by atoms with Crippen LogP contribution in [-0.4, -0.2) is 55.1 Å². The summed E-state index contributed by atoms with van der Waals surface area (Å²) in [4.78, 5) is 28.1. The van der Waals surface area contributed by atoms with Crippen LogP contribution in [0.2, 0.25) is 0 Å². The topological polar surface area (TPSA) is 132 Å². The van der Waals surface area contributed by atoms with Crippen molar-refractivity contribution in [1.82, 2.24) is 25.1 Å². The fourth-order valence-electron chi connectivity index (χ4n) is 5.24. The summed E-state index contributed by atoms with van der Waals surface area (Å²) in [5, 5.41) is 27.1. The van der Waals surface area contributed by atoms with Gasteiger partial charge in [0.25, 0.3) is 11.1 Å². The Morgan fingerprint density at radius 3 is 2.11 bits per heavy atom. The molecule has 0 atom stereocenters. The van der Waals surface area contributed by atoms with Crippen LogP contribution in [0.5, 0.6) is 0 Å². The van der Waals surface area contributed by atoms with Gasteiger partial charge in [-0.15, -0.1) is 9.43 Å². The van der Waals surface area contributed by atoms with Gasteiger partial charge in [0.05, 0.1) is 28.2 Å². The molecular weight excluding hydrogens is 637 g/mol. The van der Waals surface area contributed by atoms with Crippen LogP contribution in [0.3, 0.4) is 0 Å². The summed E-state index contributed by atoms with van der Waals surface area (Å²) < 4.78 is 5.96. The van der Waals surface area contributed by atoms with Gasteiger partial charge in [-0.25, -0.2) is 5.26 Å². The van der Waals surface area contributed by atoms with Gasteiger partial charge in [0.1, 0.15) is 0 Å². The number of benzene rings is 2. The number of unbranched alkanes of at least 4 members (excludes halogenated alkanes) is 15. The quantitative estimate of drug-likeness (QED) is 0.0309. The molecule has 0 saturated heterocycles. The first-order chi connectivity index (χ1) is 23.0. The molecule has 0 radical (unpaired) electrons. The van der Waals surface area contributed by atoms with E-state index in [2.05, 4.69) is 37.1 Å². The molecule has 2 amide bonds. The number of nitrogens with zero attached hydrogens (tertiary/aromatic N) is 5. The molecule has 0 aliphatic heterocycles. The lowest BCUT2D eigenvalue weighted by Gasteiger charge is -2.16. The first-order valence-electron chi connectivity index (χ1n) is 16.9. The van der Waals surface area contributed by atoms with Crippen LogP contribution in [0, 0.1) is 0 Å². The predicted octanol–water partition coefficient (Wildman–Crippen LogP) is 9.75. The normalized spacial score (nSPS) is 11.1. The Morgan fingerprint density at radius 2 is 1.47 bits per heavy atom. The predicted molar refractivity (Wildman–Crippen MR) is 188 cm³/mol. The monoisotopic (exact) mass is 686 g/mol. The molecule has 3 aromatic rings. The lowest BCUT2D eigenvalue weighted by Crippen LogP contribution is -2.24. The number of anilines is 1. The number of carbonyl (C=O) groups is 2. The van der Waals surface area contributed by atoms with Crippen molar-refractivity contribution in [2.24, 2.45) is 0 Å². The van der Waals surface area contributed by atoms with Gasteiger partial charge in [0.2, 0.25) is 5.16 Å². The third-order valence-electron chi connectivity index (χ3n) is 7.91. The van der Waals surface area contributed by atoms with E-state index in [1.165, 1.54) is 94.6 Å². The molecule has 258 valence electrons. The number of amides is 2. The number of carbonyl (C=O) groups excluding carboxylic acids is 2. The van der Waals surface area contributed by atoms with Crippen molar-refractivity contribution in [2.45, 2.75) is 120 Å². The average Bonchev–Trinajstić information content (AvgIpc) is 3.55. The van der Waals surface area contributed by atoms with Crippen LogP contribution in [0.25, 0.3) is 5.69 Å². The third kappa shape index (κ3) is 14.8. The Kier molecular flexibility index (Phi) is 19.1. The summed E-state index contributed by atoms with van der Waals surface area (Å²) in [6, 6.07) is 13.7. The third-order valence-corrected chi connectivity index (χ3v) is 9.50. The van der Waals surface area contributed by atoms with Gasteiger partial charge in [-0.1, -0.05) is 126 Å². The van der Waals surface area contributed by atoms with E-state index in [4.69, 9.17) is 5.26 Å². The maximum absolute atomic E-state index is 13.0. The van der Waals surface area contributed by atoms with E-state index in [1.54, 1.807) is 60.5 Å². The minimum atomic E-state index is -0.385. The number of hydrogen-bond acceptors (Lipinski definition) is 10. The van der Waals surface area contributed by atoms with Gasteiger partial charge in [0.15, 0.2) is 0 Å². The highest BCUT2D eigenvalue weighted by molar-refractivity contribution is 8.13. The van der Waals surface area contributed by atoms with Crippen molar-refractivity contribution in [3.8, 4) is 5.69 Å². The van der Waals surface area contributed by atoms with Crippen LogP contribution in [0.4, 0.5) is 10.5 Å². The molecule has 0 aliphatic rings. The number of aromatic nitrogens is 4. The highest BCUT2D eigenvalue weighted by Gasteiger charge is 2.18. The number of hydrogen-bond donors (Lipinski definition) is 2. The van der Waals surface area contributed by atoms with Gasteiger partial charge in [-0.3, -0.25) is 9.59 Å². The smallest absolute Gasteiger partial charge is 0.289 e. The molecule has 1 aromatic heterocycles. The molecule has 0 spiro atoms. The lowest BCUT2D eigenvalue weighted by atomic mass is 10.0. The van der Waals surface area contributed by atoms with Crippen molar-refractivity contribution in [3.05, 3.63) is 54.1 Å². The van der Waals surface area contributed by atoms with E-state index < -0.39 is 0 Å². The van der Waals surface area contributed by atoms with Crippen LogP contribution in [0.1, 0.15) is 120 Å². The van der Waals surface area contributed by atoms with Crippen molar-refractivity contribution in [3.63, 3.8) is 0 Å².